The Labute approximate surface area is 178 Å². The van der Waals surface area contributed by atoms with Crippen LogP contribution in [0.3, 0.4) is 0 Å². The fourth-order valence-corrected chi connectivity index (χ4v) is 4.83. The lowest BCUT2D eigenvalue weighted by atomic mass is 10.0. The molecule has 0 saturated heterocycles. The molecule has 0 aliphatic heterocycles. The summed E-state index contributed by atoms with van der Waals surface area (Å²) in [5, 5.41) is 18.1. The average molecular weight is 411 g/mol. The Bertz CT molecular complexity index is 435. The van der Waals surface area contributed by atoms with Crippen LogP contribution < -0.4 is 0 Å². The molecule has 0 radical (unpaired) electrons. The average Bonchev–Trinajstić information content (AvgIpc) is 3.38. The smallest absolute Gasteiger partial charge is 0.307 e. The zero-order valence-corrected chi connectivity index (χ0v) is 18.9. The summed E-state index contributed by atoms with van der Waals surface area (Å²) in [6.07, 6.45) is 22.1. The summed E-state index contributed by atoms with van der Waals surface area (Å²) in [5.74, 6) is -0.583. The zero-order valence-electron chi connectivity index (χ0n) is 18.9. The number of carboxylic acid groups (broad SMARTS) is 2. The predicted molar refractivity (Wildman–Crippen MR) is 119 cm³/mol. The van der Waals surface area contributed by atoms with Crippen LogP contribution in [0.1, 0.15) is 129 Å². The summed E-state index contributed by atoms with van der Waals surface area (Å²) in [6.45, 7) is 2.26. The first kappa shape index (κ1) is 26.0. The number of hydrogen-bond donors (Lipinski definition) is 2. The van der Waals surface area contributed by atoms with E-state index in [4.69, 9.17) is 5.11 Å². The molecule has 1 fully saturated rings. The minimum atomic E-state index is -0.711. The summed E-state index contributed by atoms with van der Waals surface area (Å²) < 4.78 is 0. The Kier molecular flexibility index (Phi) is 15.0. The molecule has 0 aromatic rings. The summed E-state index contributed by atoms with van der Waals surface area (Å²) in [5.41, 5.74) is 0. The van der Waals surface area contributed by atoms with E-state index < -0.39 is 11.9 Å². The maximum Gasteiger partial charge on any atom is 0.307 e. The van der Waals surface area contributed by atoms with Crippen molar-refractivity contribution < 1.29 is 19.8 Å². The number of rotatable bonds is 21. The molecule has 2 N–H and O–H groups in total. The van der Waals surface area contributed by atoms with Gasteiger partial charge in [-0.25, -0.2) is 0 Å². The molecular formula is C25H46O4. The van der Waals surface area contributed by atoms with Crippen molar-refractivity contribution in [2.45, 2.75) is 129 Å². The highest BCUT2D eigenvalue weighted by atomic mass is 16.4. The standard InChI is InChI=1S/C25H46O4/c1-2-3-4-5-6-7-8-9-10-12-15-18-21-22(24(21)25(28)29)19-16-13-11-14-17-20-23(26)27/h21-22,24H,2-20H2,1H3,(H,26,27)(H,28,29). The summed E-state index contributed by atoms with van der Waals surface area (Å²) in [4.78, 5) is 22.0. The molecule has 1 saturated carbocycles. The van der Waals surface area contributed by atoms with E-state index in [0.29, 0.717) is 11.8 Å². The van der Waals surface area contributed by atoms with Gasteiger partial charge in [0.1, 0.15) is 0 Å². The molecule has 1 aliphatic rings. The highest BCUT2D eigenvalue weighted by Crippen LogP contribution is 2.52. The Morgan fingerprint density at radius 2 is 0.966 bits per heavy atom. The first-order valence-corrected chi connectivity index (χ1v) is 12.5. The molecule has 170 valence electrons. The second kappa shape index (κ2) is 16.7. The first-order chi connectivity index (χ1) is 14.1. The molecule has 3 unspecified atom stereocenters. The third-order valence-electron chi connectivity index (χ3n) is 6.69. The minimum absolute atomic E-state index is 0.0925. The number of unbranched alkanes of at least 4 members (excludes halogenated alkanes) is 14. The largest absolute Gasteiger partial charge is 0.481 e. The van der Waals surface area contributed by atoms with Gasteiger partial charge in [-0.15, -0.1) is 0 Å². The van der Waals surface area contributed by atoms with Crippen molar-refractivity contribution >= 4 is 11.9 Å². The van der Waals surface area contributed by atoms with Crippen LogP contribution in [0.25, 0.3) is 0 Å². The fraction of sp³-hybridized carbons (Fsp3) is 0.920. The van der Waals surface area contributed by atoms with Crippen molar-refractivity contribution in [3.8, 4) is 0 Å². The maximum atomic E-state index is 11.5. The van der Waals surface area contributed by atoms with E-state index >= 15 is 0 Å². The lowest BCUT2D eigenvalue weighted by Gasteiger charge is -2.03. The number of carbonyl (C=O) groups is 2. The predicted octanol–water partition coefficient (Wildman–Crippen LogP) is 7.45. The van der Waals surface area contributed by atoms with Gasteiger partial charge in [0.15, 0.2) is 0 Å². The summed E-state index contributed by atoms with van der Waals surface area (Å²) >= 11 is 0. The van der Waals surface area contributed by atoms with Gasteiger partial charge in [0.25, 0.3) is 0 Å². The second-order valence-electron chi connectivity index (χ2n) is 9.22. The minimum Gasteiger partial charge on any atom is -0.481 e. The third-order valence-corrected chi connectivity index (χ3v) is 6.69. The molecule has 0 amide bonds. The molecule has 4 heteroatoms. The quantitative estimate of drug-likeness (QED) is 0.193. The van der Waals surface area contributed by atoms with Crippen molar-refractivity contribution in [1.29, 1.82) is 0 Å². The van der Waals surface area contributed by atoms with Crippen LogP contribution in [0.15, 0.2) is 0 Å². The van der Waals surface area contributed by atoms with Gasteiger partial charge in [0.05, 0.1) is 5.92 Å². The highest BCUT2D eigenvalue weighted by Gasteiger charge is 2.53. The van der Waals surface area contributed by atoms with Crippen LogP contribution in [0, 0.1) is 17.8 Å². The Hall–Kier alpha value is -1.06. The lowest BCUT2D eigenvalue weighted by molar-refractivity contribution is -0.139. The Morgan fingerprint density at radius 3 is 1.34 bits per heavy atom. The molecule has 0 spiro atoms. The van der Waals surface area contributed by atoms with Crippen LogP contribution in [0.5, 0.6) is 0 Å². The second-order valence-corrected chi connectivity index (χ2v) is 9.22. The number of aliphatic carboxylic acids is 2. The van der Waals surface area contributed by atoms with Gasteiger partial charge in [0.2, 0.25) is 0 Å². The van der Waals surface area contributed by atoms with Gasteiger partial charge in [0, 0.05) is 6.42 Å². The van der Waals surface area contributed by atoms with Crippen molar-refractivity contribution in [2.75, 3.05) is 0 Å². The topological polar surface area (TPSA) is 74.6 Å². The van der Waals surface area contributed by atoms with E-state index in [9.17, 15) is 14.7 Å². The van der Waals surface area contributed by atoms with Gasteiger partial charge >= 0.3 is 11.9 Å². The molecule has 1 rings (SSSR count). The first-order valence-electron chi connectivity index (χ1n) is 12.5. The monoisotopic (exact) mass is 410 g/mol. The van der Waals surface area contributed by atoms with Crippen LogP contribution in [0.4, 0.5) is 0 Å². The van der Waals surface area contributed by atoms with Crippen molar-refractivity contribution in [3.63, 3.8) is 0 Å². The van der Waals surface area contributed by atoms with Gasteiger partial charge in [-0.1, -0.05) is 103 Å². The number of hydrogen-bond acceptors (Lipinski definition) is 2. The molecule has 3 atom stereocenters. The van der Waals surface area contributed by atoms with E-state index in [1.165, 1.54) is 70.6 Å². The third kappa shape index (κ3) is 13.0. The molecule has 0 heterocycles. The van der Waals surface area contributed by atoms with E-state index in [0.717, 1.165) is 44.9 Å². The van der Waals surface area contributed by atoms with Gasteiger partial charge in [-0.2, -0.15) is 0 Å². The van der Waals surface area contributed by atoms with Crippen molar-refractivity contribution in [3.05, 3.63) is 0 Å². The molecule has 0 aromatic heterocycles. The van der Waals surface area contributed by atoms with Crippen LogP contribution >= 0.6 is 0 Å². The van der Waals surface area contributed by atoms with Crippen molar-refractivity contribution in [1.82, 2.24) is 0 Å². The van der Waals surface area contributed by atoms with Crippen LogP contribution in [0.2, 0.25) is 0 Å². The van der Waals surface area contributed by atoms with Gasteiger partial charge in [-0.3, -0.25) is 9.59 Å². The highest BCUT2D eigenvalue weighted by molar-refractivity contribution is 5.74. The maximum absolute atomic E-state index is 11.5. The molecule has 0 bridgehead atoms. The molecular weight excluding hydrogens is 364 g/mol. The Balaban J connectivity index is 1.97. The van der Waals surface area contributed by atoms with Gasteiger partial charge < -0.3 is 10.2 Å². The lowest BCUT2D eigenvalue weighted by Crippen LogP contribution is -2.00. The molecule has 4 nitrogen and oxygen atoms in total. The Morgan fingerprint density at radius 1 is 0.586 bits per heavy atom. The van der Waals surface area contributed by atoms with E-state index in [2.05, 4.69) is 6.92 Å². The van der Waals surface area contributed by atoms with E-state index in [-0.39, 0.29) is 12.3 Å². The molecule has 0 aromatic carbocycles. The summed E-state index contributed by atoms with van der Waals surface area (Å²) in [6, 6.07) is 0. The van der Waals surface area contributed by atoms with Gasteiger partial charge in [-0.05, 0) is 31.1 Å². The van der Waals surface area contributed by atoms with Crippen LogP contribution in [-0.4, -0.2) is 22.2 Å². The van der Waals surface area contributed by atoms with E-state index in [1.54, 1.807) is 0 Å². The number of carboxylic acids is 2. The fourth-order valence-electron chi connectivity index (χ4n) is 4.83. The molecule has 1 aliphatic carbocycles. The van der Waals surface area contributed by atoms with E-state index in [1.807, 2.05) is 0 Å². The summed E-state index contributed by atoms with van der Waals surface area (Å²) in [7, 11) is 0. The molecule has 29 heavy (non-hydrogen) atoms. The zero-order chi connectivity index (χ0) is 21.3. The van der Waals surface area contributed by atoms with Crippen molar-refractivity contribution in [2.24, 2.45) is 17.8 Å². The SMILES string of the molecule is CCCCCCCCCCCCCC1C(CCCCCCCC(=O)O)C1C(=O)O. The van der Waals surface area contributed by atoms with Crippen LogP contribution in [-0.2, 0) is 9.59 Å². The normalized spacial score (nSPS) is 20.7.